The van der Waals surface area contributed by atoms with Crippen molar-refractivity contribution in [2.75, 3.05) is 5.32 Å². The van der Waals surface area contributed by atoms with Gasteiger partial charge in [-0.25, -0.2) is 14.4 Å². The standard InChI is InChI=1S/C17H13ClF3N5O/c18-10-2-3-12(19)11(6-10)17(4-1-5-17)24-16-22-7-9(8-23-16)14-25-26-15(27-14)13(20)21/h2-3,6-8,13H,1,4-5H2,(H,22,23,24). The van der Waals surface area contributed by atoms with E-state index in [0.717, 1.165) is 6.42 Å². The summed E-state index contributed by atoms with van der Waals surface area (Å²) in [5.74, 6) is -0.951. The normalized spacial score (nSPS) is 15.6. The maximum absolute atomic E-state index is 14.3. The van der Waals surface area contributed by atoms with Gasteiger partial charge in [-0.1, -0.05) is 11.6 Å². The van der Waals surface area contributed by atoms with Crippen LogP contribution in [0.4, 0.5) is 19.1 Å². The van der Waals surface area contributed by atoms with Gasteiger partial charge in [-0.05, 0) is 37.5 Å². The van der Waals surface area contributed by atoms with Crippen molar-refractivity contribution >= 4 is 17.5 Å². The predicted molar refractivity (Wildman–Crippen MR) is 90.8 cm³/mol. The molecule has 1 fully saturated rings. The lowest BCUT2D eigenvalue weighted by atomic mass is 9.71. The molecule has 4 rings (SSSR count). The van der Waals surface area contributed by atoms with Crippen LogP contribution >= 0.6 is 11.6 Å². The number of halogens is 4. The summed E-state index contributed by atoms with van der Waals surface area (Å²) in [6.07, 6.45) is 2.24. The Morgan fingerprint density at radius 1 is 1.15 bits per heavy atom. The van der Waals surface area contributed by atoms with Gasteiger partial charge < -0.3 is 9.73 Å². The quantitative estimate of drug-likeness (QED) is 0.672. The summed E-state index contributed by atoms with van der Waals surface area (Å²) in [6, 6.07) is 4.43. The first kappa shape index (κ1) is 17.7. The Morgan fingerprint density at radius 3 is 2.48 bits per heavy atom. The number of nitrogens with zero attached hydrogens (tertiary/aromatic N) is 4. The zero-order valence-electron chi connectivity index (χ0n) is 13.8. The van der Waals surface area contributed by atoms with E-state index in [1.54, 1.807) is 6.07 Å². The molecule has 6 nitrogen and oxygen atoms in total. The van der Waals surface area contributed by atoms with E-state index in [1.807, 2.05) is 0 Å². The van der Waals surface area contributed by atoms with Gasteiger partial charge in [0.15, 0.2) is 0 Å². The molecular formula is C17H13ClF3N5O. The molecule has 1 saturated carbocycles. The lowest BCUT2D eigenvalue weighted by Crippen LogP contribution is -2.43. The van der Waals surface area contributed by atoms with Gasteiger partial charge in [0.05, 0.1) is 11.1 Å². The Kier molecular flexibility index (Phi) is 4.47. The van der Waals surface area contributed by atoms with Crippen LogP contribution in [0.1, 0.15) is 37.1 Å². The highest BCUT2D eigenvalue weighted by atomic mass is 35.5. The molecule has 0 radical (unpaired) electrons. The molecule has 2 aromatic heterocycles. The average molecular weight is 396 g/mol. The third-order valence-electron chi connectivity index (χ3n) is 4.53. The van der Waals surface area contributed by atoms with E-state index in [4.69, 9.17) is 16.0 Å². The van der Waals surface area contributed by atoms with Crippen LogP contribution in [0.15, 0.2) is 35.0 Å². The second-order valence-electron chi connectivity index (χ2n) is 6.23. The first-order chi connectivity index (χ1) is 13.0. The predicted octanol–water partition coefficient (Wildman–Crippen LogP) is 4.75. The molecule has 140 valence electrons. The van der Waals surface area contributed by atoms with E-state index >= 15 is 0 Å². The van der Waals surface area contributed by atoms with E-state index in [1.165, 1.54) is 24.5 Å². The first-order valence-corrected chi connectivity index (χ1v) is 8.52. The van der Waals surface area contributed by atoms with E-state index < -0.39 is 17.9 Å². The molecular weight excluding hydrogens is 383 g/mol. The lowest BCUT2D eigenvalue weighted by Gasteiger charge is -2.43. The van der Waals surface area contributed by atoms with Crippen molar-refractivity contribution in [3.8, 4) is 11.5 Å². The van der Waals surface area contributed by atoms with Crippen molar-refractivity contribution in [3.05, 3.63) is 52.9 Å². The van der Waals surface area contributed by atoms with Gasteiger partial charge in [-0.2, -0.15) is 8.78 Å². The van der Waals surface area contributed by atoms with Gasteiger partial charge in [-0.3, -0.25) is 0 Å². The molecule has 2 heterocycles. The molecule has 0 unspecified atom stereocenters. The van der Waals surface area contributed by atoms with Crippen molar-refractivity contribution in [1.82, 2.24) is 20.2 Å². The third-order valence-corrected chi connectivity index (χ3v) is 4.76. The second-order valence-corrected chi connectivity index (χ2v) is 6.66. The zero-order valence-corrected chi connectivity index (χ0v) is 14.6. The molecule has 10 heteroatoms. The SMILES string of the molecule is Fc1ccc(Cl)cc1C1(Nc2ncc(-c3nnc(C(F)F)o3)cn2)CCC1. The summed E-state index contributed by atoms with van der Waals surface area (Å²) in [4.78, 5) is 8.32. The number of anilines is 1. The minimum absolute atomic E-state index is 0.101. The summed E-state index contributed by atoms with van der Waals surface area (Å²) >= 11 is 6.02. The van der Waals surface area contributed by atoms with Gasteiger partial charge >= 0.3 is 6.43 Å². The minimum Gasteiger partial charge on any atom is -0.415 e. The molecule has 1 aliphatic carbocycles. The summed E-state index contributed by atoms with van der Waals surface area (Å²) in [5.41, 5.74) is 0.132. The number of hydrogen-bond acceptors (Lipinski definition) is 6. The van der Waals surface area contributed by atoms with E-state index in [-0.39, 0.29) is 17.7 Å². The number of nitrogens with one attached hydrogen (secondary N) is 1. The summed E-state index contributed by atoms with van der Waals surface area (Å²) in [6.45, 7) is 0. The molecule has 0 saturated heterocycles. The Balaban J connectivity index is 1.57. The van der Waals surface area contributed by atoms with Gasteiger partial charge in [0.1, 0.15) is 5.82 Å². The Morgan fingerprint density at radius 2 is 1.89 bits per heavy atom. The number of hydrogen-bond donors (Lipinski definition) is 1. The minimum atomic E-state index is -2.85. The molecule has 0 amide bonds. The van der Waals surface area contributed by atoms with Gasteiger partial charge in [-0.15, -0.1) is 10.2 Å². The largest absolute Gasteiger partial charge is 0.415 e. The van der Waals surface area contributed by atoms with Crippen LogP contribution in [-0.2, 0) is 5.54 Å². The molecule has 27 heavy (non-hydrogen) atoms. The van der Waals surface area contributed by atoms with Crippen LogP contribution in [0.25, 0.3) is 11.5 Å². The van der Waals surface area contributed by atoms with Crippen LogP contribution in [0.2, 0.25) is 5.02 Å². The molecule has 1 aromatic carbocycles. The highest BCUT2D eigenvalue weighted by Gasteiger charge is 2.41. The summed E-state index contributed by atoms with van der Waals surface area (Å²) in [5, 5.41) is 10.4. The third kappa shape index (κ3) is 3.34. The zero-order chi connectivity index (χ0) is 19.0. The Hall–Kier alpha value is -2.68. The van der Waals surface area contributed by atoms with Crippen LogP contribution < -0.4 is 5.32 Å². The monoisotopic (exact) mass is 395 g/mol. The van der Waals surface area contributed by atoms with Crippen molar-refractivity contribution in [2.24, 2.45) is 0 Å². The molecule has 3 aromatic rings. The fourth-order valence-corrected chi connectivity index (χ4v) is 3.18. The molecule has 1 aliphatic rings. The van der Waals surface area contributed by atoms with E-state index in [0.29, 0.717) is 29.0 Å². The van der Waals surface area contributed by atoms with Gasteiger partial charge in [0.25, 0.3) is 11.8 Å². The number of alkyl halides is 2. The fourth-order valence-electron chi connectivity index (χ4n) is 3.01. The van der Waals surface area contributed by atoms with Crippen LogP contribution in [0.3, 0.4) is 0 Å². The molecule has 0 aliphatic heterocycles. The number of benzene rings is 1. The maximum atomic E-state index is 14.3. The molecule has 0 spiro atoms. The van der Waals surface area contributed by atoms with Crippen LogP contribution in [0.5, 0.6) is 0 Å². The molecule has 0 bridgehead atoms. The van der Waals surface area contributed by atoms with Gasteiger partial charge in [0, 0.05) is 23.0 Å². The van der Waals surface area contributed by atoms with Crippen LogP contribution in [-0.4, -0.2) is 20.2 Å². The van der Waals surface area contributed by atoms with Gasteiger partial charge in [0.2, 0.25) is 5.95 Å². The van der Waals surface area contributed by atoms with Crippen LogP contribution in [0, 0.1) is 5.82 Å². The molecule has 1 N–H and O–H groups in total. The maximum Gasteiger partial charge on any atom is 0.314 e. The first-order valence-electron chi connectivity index (χ1n) is 8.14. The van der Waals surface area contributed by atoms with Crippen molar-refractivity contribution in [3.63, 3.8) is 0 Å². The van der Waals surface area contributed by atoms with Crippen molar-refractivity contribution < 1.29 is 17.6 Å². The smallest absolute Gasteiger partial charge is 0.314 e. The van der Waals surface area contributed by atoms with E-state index in [9.17, 15) is 13.2 Å². The second kappa shape index (κ2) is 6.80. The lowest BCUT2D eigenvalue weighted by molar-refractivity contribution is 0.116. The topological polar surface area (TPSA) is 76.7 Å². The van der Waals surface area contributed by atoms with E-state index in [2.05, 4.69) is 25.5 Å². The number of aromatic nitrogens is 4. The average Bonchev–Trinajstić information content (AvgIpc) is 3.11. The van der Waals surface area contributed by atoms with Crippen molar-refractivity contribution in [2.45, 2.75) is 31.2 Å². The number of rotatable bonds is 5. The highest BCUT2D eigenvalue weighted by molar-refractivity contribution is 6.30. The summed E-state index contributed by atoms with van der Waals surface area (Å²) < 4.78 is 44.3. The summed E-state index contributed by atoms with van der Waals surface area (Å²) in [7, 11) is 0. The Bertz CT molecular complexity index is 959. The highest BCUT2D eigenvalue weighted by Crippen LogP contribution is 2.45. The molecule has 0 atom stereocenters. The Labute approximate surface area is 156 Å². The van der Waals surface area contributed by atoms with Crippen molar-refractivity contribution in [1.29, 1.82) is 0 Å². The fraction of sp³-hybridized carbons (Fsp3) is 0.294.